The van der Waals surface area contributed by atoms with Crippen LogP contribution in [0.5, 0.6) is 0 Å². The average molecular weight is 916 g/mol. The molecular weight excluding hydrogens is 852 g/mol. The van der Waals surface area contributed by atoms with Crippen molar-refractivity contribution in [1.82, 2.24) is 9.21 Å². The summed E-state index contributed by atoms with van der Waals surface area (Å²) in [5.41, 5.74) is 7.27. The monoisotopic (exact) mass is 914 g/mol. The van der Waals surface area contributed by atoms with Gasteiger partial charge in [0, 0.05) is 23.3 Å². The van der Waals surface area contributed by atoms with Gasteiger partial charge < -0.3 is 14.4 Å². The highest BCUT2D eigenvalue weighted by molar-refractivity contribution is 7.89. The average Bonchev–Trinajstić information content (AvgIpc) is 3.24. The number of hydrogen-bond donors (Lipinski definition) is 0. The maximum atomic E-state index is 15.4. The van der Waals surface area contributed by atoms with Crippen molar-refractivity contribution in [3.63, 3.8) is 0 Å². The van der Waals surface area contributed by atoms with Gasteiger partial charge in [-0.25, -0.2) is 13.2 Å². The zero-order valence-electron chi connectivity index (χ0n) is 39.5. The first-order valence-corrected chi connectivity index (χ1v) is 23.6. The van der Waals surface area contributed by atoms with Crippen LogP contribution in [0.2, 0.25) is 5.02 Å². The van der Waals surface area contributed by atoms with E-state index < -0.39 is 28.4 Å². The highest BCUT2D eigenvalue weighted by atomic mass is 35.5. The van der Waals surface area contributed by atoms with Crippen molar-refractivity contribution in [2.75, 3.05) is 6.54 Å². The summed E-state index contributed by atoms with van der Waals surface area (Å²) in [4.78, 5) is 30.8. The number of amides is 1. The number of ether oxygens (including phenoxy) is 2. The van der Waals surface area contributed by atoms with Crippen LogP contribution in [0.4, 0.5) is 0 Å². The lowest BCUT2D eigenvalue weighted by atomic mass is 9.79. The van der Waals surface area contributed by atoms with Crippen LogP contribution >= 0.6 is 11.6 Å². The fourth-order valence-corrected chi connectivity index (χ4v) is 9.34. The number of hydrogen-bond acceptors (Lipinski definition) is 6. The standard InChI is InChI=1S/C55H63ClN2O6S/c1-12-49(32-50(63-36-43-19-15-13-16-20-43)41(5)53(60)64-37-44-21-17-14-18-22-44)58(34-45-29-46(54(6,7)8)31-47(30-45)55(9,10)11)51(59)35-57(33-42-23-25-48(56)26-24-42)65(61,62)52-39(3)27-38(2)28-40(52)4/h12-32H,5,33-37H2,1-4,6-11H3/b49-12+,50-32+. The van der Waals surface area contributed by atoms with Gasteiger partial charge in [-0.15, -0.1) is 0 Å². The van der Waals surface area contributed by atoms with E-state index in [-0.39, 0.29) is 53.4 Å². The Hall–Kier alpha value is -5.74. The number of carbonyl (C=O) groups is 2. The Labute approximate surface area is 392 Å². The molecule has 0 aromatic heterocycles. The third kappa shape index (κ3) is 13.6. The van der Waals surface area contributed by atoms with Gasteiger partial charge in [0.05, 0.1) is 23.6 Å². The smallest absolute Gasteiger partial charge is 0.341 e. The fourth-order valence-electron chi connectivity index (χ4n) is 7.43. The van der Waals surface area contributed by atoms with E-state index in [0.29, 0.717) is 27.4 Å². The lowest BCUT2D eigenvalue weighted by Crippen LogP contribution is -2.42. The number of halogens is 1. The van der Waals surface area contributed by atoms with Gasteiger partial charge in [-0.1, -0.05) is 174 Å². The molecule has 8 nitrogen and oxygen atoms in total. The SMILES string of the molecule is C=C(C(=O)OCc1ccccc1)/C(=C\C(=C/C)N(Cc1cc(C(C)(C)C)cc(C(C)(C)C)c1)C(=O)CN(Cc1ccc(Cl)cc1)S(=O)(=O)c1c(C)cc(C)cc1C)OCc1ccccc1. The zero-order chi connectivity index (χ0) is 47.7. The lowest BCUT2D eigenvalue weighted by Gasteiger charge is -2.31. The highest BCUT2D eigenvalue weighted by Crippen LogP contribution is 2.33. The third-order valence-electron chi connectivity index (χ3n) is 11.0. The highest BCUT2D eigenvalue weighted by Gasteiger charge is 2.33. The maximum absolute atomic E-state index is 15.4. The molecular formula is C55H63ClN2O6S. The third-order valence-corrected chi connectivity index (χ3v) is 13.4. The maximum Gasteiger partial charge on any atom is 0.341 e. The molecule has 0 saturated heterocycles. The minimum Gasteiger partial charge on any atom is -0.488 e. The molecule has 5 aromatic rings. The molecule has 1 amide bonds. The number of esters is 1. The van der Waals surface area contributed by atoms with E-state index in [1.165, 1.54) is 4.31 Å². The van der Waals surface area contributed by atoms with Crippen LogP contribution in [-0.2, 0) is 66.2 Å². The van der Waals surface area contributed by atoms with E-state index >= 15 is 4.79 Å². The molecule has 0 unspecified atom stereocenters. The van der Waals surface area contributed by atoms with E-state index in [4.69, 9.17) is 21.1 Å². The van der Waals surface area contributed by atoms with Gasteiger partial charge in [0.2, 0.25) is 15.9 Å². The molecule has 0 spiro atoms. The summed E-state index contributed by atoms with van der Waals surface area (Å²) in [6.07, 6.45) is 3.36. The quantitative estimate of drug-likeness (QED) is 0.0399. The second-order valence-electron chi connectivity index (χ2n) is 18.6. The van der Waals surface area contributed by atoms with Crippen molar-refractivity contribution in [3.05, 3.63) is 206 Å². The number of benzene rings is 5. The summed E-state index contributed by atoms with van der Waals surface area (Å²) in [6, 6.07) is 35.8. The Morgan fingerprint density at radius 2 is 1.18 bits per heavy atom. The van der Waals surface area contributed by atoms with Crippen LogP contribution in [0.3, 0.4) is 0 Å². The number of nitrogens with zero attached hydrogens (tertiary/aromatic N) is 2. The Morgan fingerprint density at radius 1 is 0.677 bits per heavy atom. The molecule has 0 fully saturated rings. The van der Waals surface area contributed by atoms with Crippen molar-refractivity contribution >= 4 is 33.5 Å². The van der Waals surface area contributed by atoms with Gasteiger partial charge in [0.1, 0.15) is 19.0 Å². The van der Waals surface area contributed by atoms with Crippen LogP contribution in [0, 0.1) is 20.8 Å². The van der Waals surface area contributed by atoms with E-state index in [1.54, 1.807) is 62.1 Å². The van der Waals surface area contributed by atoms with Crippen molar-refractivity contribution in [2.45, 2.75) is 111 Å². The van der Waals surface area contributed by atoms with Crippen molar-refractivity contribution in [1.29, 1.82) is 0 Å². The summed E-state index contributed by atoms with van der Waals surface area (Å²) >= 11 is 6.26. The first-order valence-electron chi connectivity index (χ1n) is 21.8. The van der Waals surface area contributed by atoms with Gasteiger partial charge in [-0.05, 0) is 95.2 Å². The lowest BCUT2D eigenvalue weighted by molar-refractivity contribution is -0.140. The van der Waals surface area contributed by atoms with Crippen molar-refractivity contribution in [2.24, 2.45) is 0 Å². The summed E-state index contributed by atoms with van der Waals surface area (Å²) in [5, 5.41) is 0.503. The topological polar surface area (TPSA) is 93.2 Å². The number of aryl methyl sites for hydroxylation is 3. The van der Waals surface area contributed by atoms with Gasteiger partial charge in [-0.3, -0.25) is 4.79 Å². The molecule has 0 bridgehead atoms. The van der Waals surface area contributed by atoms with Crippen LogP contribution in [0.1, 0.15) is 98.5 Å². The Balaban J connectivity index is 1.66. The van der Waals surface area contributed by atoms with Gasteiger partial charge in [0.25, 0.3) is 0 Å². The first-order chi connectivity index (χ1) is 30.6. The summed E-state index contributed by atoms with van der Waals surface area (Å²) < 4.78 is 43.3. The number of carbonyl (C=O) groups excluding carboxylic acids is 2. The molecule has 0 saturated carbocycles. The molecule has 0 aliphatic carbocycles. The van der Waals surface area contributed by atoms with E-state index in [2.05, 4.69) is 66.3 Å². The summed E-state index contributed by atoms with van der Waals surface area (Å²) in [7, 11) is -4.27. The predicted octanol–water partition coefficient (Wildman–Crippen LogP) is 12.4. The number of allylic oxidation sites excluding steroid dienone is 2. The van der Waals surface area contributed by atoms with E-state index in [1.807, 2.05) is 79.7 Å². The van der Waals surface area contributed by atoms with Gasteiger partial charge in [-0.2, -0.15) is 4.31 Å². The van der Waals surface area contributed by atoms with Crippen molar-refractivity contribution < 1.29 is 27.5 Å². The van der Waals surface area contributed by atoms with E-state index in [9.17, 15) is 13.2 Å². The second kappa shape index (κ2) is 21.5. The largest absolute Gasteiger partial charge is 0.488 e. The van der Waals surface area contributed by atoms with Crippen LogP contribution in [0.15, 0.2) is 156 Å². The van der Waals surface area contributed by atoms with Crippen LogP contribution in [-0.4, -0.2) is 36.0 Å². The molecule has 342 valence electrons. The van der Waals surface area contributed by atoms with E-state index in [0.717, 1.165) is 33.4 Å². The molecule has 0 heterocycles. The Bertz CT molecular complexity index is 2600. The first kappa shape index (κ1) is 50.3. The molecule has 5 rings (SSSR count). The minimum atomic E-state index is -4.27. The summed E-state index contributed by atoms with van der Waals surface area (Å²) in [5.74, 6) is -1.11. The number of rotatable bonds is 17. The summed E-state index contributed by atoms with van der Waals surface area (Å²) in [6.45, 7) is 23.8. The molecule has 65 heavy (non-hydrogen) atoms. The molecule has 10 heteroatoms. The Morgan fingerprint density at radius 3 is 1.68 bits per heavy atom. The van der Waals surface area contributed by atoms with Crippen molar-refractivity contribution in [3.8, 4) is 0 Å². The number of sulfonamides is 1. The van der Waals surface area contributed by atoms with Crippen LogP contribution in [0.25, 0.3) is 0 Å². The second-order valence-corrected chi connectivity index (χ2v) is 20.9. The molecule has 0 N–H and O–H groups in total. The molecule has 0 aliphatic rings. The fraction of sp³-hybridized carbons (Fsp3) is 0.309. The van der Waals surface area contributed by atoms with Gasteiger partial charge in [0.15, 0.2) is 0 Å². The molecule has 0 radical (unpaired) electrons. The van der Waals surface area contributed by atoms with Gasteiger partial charge >= 0.3 is 5.97 Å². The molecule has 0 atom stereocenters. The zero-order valence-corrected chi connectivity index (χ0v) is 41.1. The normalized spacial score (nSPS) is 12.6. The molecule has 5 aromatic carbocycles. The van der Waals surface area contributed by atoms with Crippen LogP contribution < -0.4 is 0 Å². The molecule has 0 aliphatic heterocycles. The minimum absolute atomic E-state index is 0.0177. The predicted molar refractivity (Wildman–Crippen MR) is 263 cm³/mol. The Kier molecular flexibility index (Phi) is 16.6.